The highest BCUT2D eigenvalue weighted by Crippen LogP contribution is 2.29. The van der Waals surface area contributed by atoms with Gasteiger partial charge in [-0.3, -0.25) is 15.1 Å². The molecular formula is C11H15BrN2O2. The van der Waals surface area contributed by atoms with Crippen LogP contribution >= 0.6 is 15.9 Å². The molecule has 0 aromatic carbocycles. The largest absolute Gasteiger partial charge is 0.272 e. The van der Waals surface area contributed by atoms with Gasteiger partial charge in [0.05, 0.1) is 4.92 Å². The molecule has 1 unspecified atom stereocenters. The van der Waals surface area contributed by atoms with Crippen LogP contribution in [0.1, 0.15) is 26.5 Å². The van der Waals surface area contributed by atoms with Crippen molar-refractivity contribution in [3.8, 4) is 0 Å². The average Bonchev–Trinajstić information content (AvgIpc) is 2.16. The third-order valence-electron chi connectivity index (χ3n) is 2.34. The third-order valence-corrected chi connectivity index (χ3v) is 4.04. The van der Waals surface area contributed by atoms with Gasteiger partial charge in [-0.1, -0.05) is 36.7 Å². The van der Waals surface area contributed by atoms with E-state index in [9.17, 15) is 10.1 Å². The molecule has 0 spiro atoms. The molecule has 1 atom stereocenters. The highest BCUT2D eigenvalue weighted by Gasteiger charge is 2.23. The maximum Gasteiger partial charge on any atom is 0.272 e. The van der Waals surface area contributed by atoms with E-state index in [1.807, 2.05) is 0 Å². The number of rotatable bonds is 3. The summed E-state index contributed by atoms with van der Waals surface area (Å²) in [4.78, 5) is 14.6. The van der Waals surface area contributed by atoms with Gasteiger partial charge in [0.1, 0.15) is 0 Å². The quantitative estimate of drug-likeness (QED) is 0.486. The number of halogens is 1. The minimum atomic E-state index is -0.397. The van der Waals surface area contributed by atoms with Crippen molar-refractivity contribution in [3.05, 3.63) is 34.1 Å². The van der Waals surface area contributed by atoms with E-state index >= 15 is 0 Å². The minimum absolute atomic E-state index is 0.0959. The van der Waals surface area contributed by atoms with Crippen molar-refractivity contribution in [1.82, 2.24) is 4.98 Å². The Balaban J connectivity index is 2.82. The van der Waals surface area contributed by atoms with Gasteiger partial charge >= 0.3 is 0 Å². The molecule has 0 aliphatic rings. The van der Waals surface area contributed by atoms with Crippen molar-refractivity contribution in [3.63, 3.8) is 0 Å². The van der Waals surface area contributed by atoms with Gasteiger partial charge in [-0.15, -0.1) is 0 Å². The maximum absolute atomic E-state index is 10.6. The molecule has 0 bridgehead atoms. The molecule has 0 fully saturated rings. The van der Waals surface area contributed by atoms with Gasteiger partial charge in [0, 0.05) is 35.3 Å². The van der Waals surface area contributed by atoms with Crippen LogP contribution in [0, 0.1) is 15.5 Å². The maximum atomic E-state index is 10.6. The summed E-state index contributed by atoms with van der Waals surface area (Å²) < 4.78 is 0. The second kappa shape index (κ2) is 4.91. The van der Waals surface area contributed by atoms with E-state index in [1.54, 1.807) is 0 Å². The lowest BCUT2D eigenvalue weighted by Crippen LogP contribution is -2.22. The van der Waals surface area contributed by atoms with Crippen molar-refractivity contribution in [2.45, 2.75) is 32.0 Å². The molecule has 0 N–H and O–H groups in total. The van der Waals surface area contributed by atoms with E-state index in [1.165, 1.54) is 18.3 Å². The van der Waals surface area contributed by atoms with Gasteiger partial charge in [-0.2, -0.15) is 0 Å². The Morgan fingerprint density at radius 2 is 2.19 bits per heavy atom. The number of nitrogens with zero attached hydrogens (tertiary/aromatic N) is 2. The minimum Gasteiger partial charge on any atom is -0.261 e. The first-order chi connectivity index (χ1) is 7.30. The summed E-state index contributed by atoms with van der Waals surface area (Å²) in [6.07, 6.45) is 2.17. The molecule has 1 rings (SSSR count). The fourth-order valence-electron chi connectivity index (χ4n) is 1.18. The molecule has 4 nitrogen and oxygen atoms in total. The molecule has 16 heavy (non-hydrogen) atoms. The highest BCUT2D eigenvalue weighted by atomic mass is 79.9. The summed E-state index contributed by atoms with van der Waals surface area (Å²) in [5.41, 5.74) is 0.941. The Labute approximate surface area is 103 Å². The van der Waals surface area contributed by atoms with Crippen molar-refractivity contribution >= 4 is 21.6 Å². The first kappa shape index (κ1) is 13.1. The lowest BCUT2D eigenvalue weighted by atomic mass is 9.89. The number of hydrogen-bond donors (Lipinski definition) is 0. The van der Waals surface area contributed by atoms with E-state index in [4.69, 9.17) is 0 Å². The van der Waals surface area contributed by atoms with E-state index in [0.717, 1.165) is 5.69 Å². The number of hydrogen-bond acceptors (Lipinski definition) is 3. The zero-order valence-electron chi connectivity index (χ0n) is 9.61. The molecule has 0 aliphatic carbocycles. The van der Waals surface area contributed by atoms with Crippen LogP contribution in [0.3, 0.4) is 0 Å². The predicted octanol–water partition coefficient (Wildman–Crippen LogP) is 3.34. The fraction of sp³-hybridized carbons (Fsp3) is 0.545. The average molecular weight is 287 g/mol. The molecule has 0 amide bonds. The van der Waals surface area contributed by atoms with Gasteiger partial charge in [0.2, 0.25) is 0 Å². The molecule has 1 heterocycles. The molecule has 1 aromatic rings. The van der Waals surface area contributed by atoms with Crippen LogP contribution in [0.2, 0.25) is 0 Å². The lowest BCUT2D eigenvalue weighted by molar-refractivity contribution is -0.385. The molecule has 5 heteroatoms. The smallest absolute Gasteiger partial charge is 0.261 e. The summed E-state index contributed by atoms with van der Waals surface area (Å²) in [7, 11) is 0. The Kier molecular flexibility index (Phi) is 4.02. The van der Waals surface area contributed by atoms with Gasteiger partial charge in [-0.05, 0) is 5.41 Å². The number of aromatic nitrogens is 1. The van der Waals surface area contributed by atoms with Crippen molar-refractivity contribution in [2.24, 2.45) is 5.41 Å². The third kappa shape index (κ3) is 3.56. The summed E-state index contributed by atoms with van der Waals surface area (Å²) >= 11 is 3.59. The summed E-state index contributed by atoms with van der Waals surface area (Å²) in [6.45, 7) is 6.34. The van der Waals surface area contributed by atoms with E-state index in [0.29, 0.717) is 6.42 Å². The first-order valence-electron chi connectivity index (χ1n) is 5.04. The van der Waals surface area contributed by atoms with Crippen LogP contribution < -0.4 is 0 Å². The topological polar surface area (TPSA) is 56.0 Å². The zero-order chi connectivity index (χ0) is 12.3. The van der Waals surface area contributed by atoms with E-state index in [-0.39, 0.29) is 15.9 Å². The molecule has 88 valence electrons. The van der Waals surface area contributed by atoms with Crippen LogP contribution in [0.4, 0.5) is 5.69 Å². The zero-order valence-corrected chi connectivity index (χ0v) is 11.2. The van der Waals surface area contributed by atoms with Crippen LogP contribution in [0.25, 0.3) is 0 Å². The van der Waals surface area contributed by atoms with Gasteiger partial charge in [-0.25, -0.2) is 0 Å². The molecule has 0 saturated carbocycles. The van der Waals surface area contributed by atoms with E-state index < -0.39 is 4.92 Å². The Bertz CT molecular complexity index is 388. The molecular weight excluding hydrogens is 272 g/mol. The Morgan fingerprint density at radius 1 is 1.56 bits per heavy atom. The van der Waals surface area contributed by atoms with Crippen LogP contribution in [0.5, 0.6) is 0 Å². The summed E-state index contributed by atoms with van der Waals surface area (Å²) in [6, 6.07) is 2.93. The van der Waals surface area contributed by atoms with Crippen LogP contribution in [-0.4, -0.2) is 14.7 Å². The lowest BCUT2D eigenvalue weighted by Gasteiger charge is -2.25. The van der Waals surface area contributed by atoms with Crippen molar-refractivity contribution < 1.29 is 4.92 Å². The first-order valence-corrected chi connectivity index (χ1v) is 5.95. The van der Waals surface area contributed by atoms with E-state index in [2.05, 4.69) is 41.7 Å². The molecule has 0 saturated heterocycles. The van der Waals surface area contributed by atoms with Crippen LogP contribution in [0.15, 0.2) is 18.3 Å². The monoisotopic (exact) mass is 286 g/mol. The predicted molar refractivity (Wildman–Crippen MR) is 66.8 cm³/mol. The second-order valence-corrected chi connectivity index (χ2v) is 5.91. The second-order valence-electron chi connectivity index (χ2n) is 4.80. The van der Waals surface area contributed by atoms with Gasteiger partial charge < -0.3 is 0 Å². The molecule has 0 radical (unpaired) electrons. The molecule has 0 aliphatic heterocycles. The van der Waals surface area contributed by atoms with Crippen molar-refractivity contribution in [1.29, 1.82) is 0 Å². The molecule has 1 aromatic heterocycles. The Morgan fingerprint density at radius 3 is 2.69 bits per heavy atom. The van der Waals surface area contributed by atoms with Gasteiger partial charge in [0.25, 0.3) is 5.69 Å². The Hall–Kier alpha value is -0.970. The number of pyridine rings is 1. The normalized spacial score (nSPS) is 13.5. The fourth-order valence-corrected chi connectivity index (χ4v) is 1.51. The highest BCUT2D eigenvalue weighted by molar-refractivity contribution is 9.09. The van der Waals surface area contributed by atoms with Gasteiger partial charge in [0.15, 0.2) is 0 Å². The standard InChI is InChI=1S/C11H15BrN2O2/c1-11(2,3)10(12)7-8-6-9(14(15)16)4-5-13-8/h4-6,10H,7H2,1-3H3. The van der Waals surface area contributed by atoms with Crippen molar-refractivity contribution in [2.75, 3.05) is 0 Å². The van der Waals surface area contributed by atoms with Crippen LogP contribution in [-0.2, 0) is 6.42 Å². The number of alkyl halides is 1. The SMILES string of the molecule is CC(C)(C)C(Br)Cc1cc([N+](=O)[O-])ccn1. The summed E-state index contributed by atoms with van der Waals surface area (Å²) in [5.74, 6) is 0. The number of nitro groups is 1. The summed E-state index contributed by atoms with van der Waals surface area (Å²) in [5, 5.41) is 10.6.